The number of benzene rings is 2. The zero-order chi connectivity index (χ0) is 21.3. The number of nitriles is 1. The molecular weight excluding hydrogens is 414 g/mol. The van der Waals surface area contributed by atoms with Gasteiger partial charge in [-0.15, -0.1) is 11.3 Å². The fourth-order valence-corrected chi connectivity index (χ4v) is 4.73. The number of nitrogens with one attached hydrogen (secondary N) is 1. The van der Waals surface area contributed by atoms with Gasteiger partial charge in [0.25, 0.3) is 5.91 Å². The first-order valence-electron chi connectivity index (χ1n) is 9.51. The van der Waals surface area contributed by atoms with Crippen LogP contribution in [0.1, 0.15) is 33.3 Å². The number of hydrogen-bond donors (Lipinski definition) is 1. The first kappa shape index (κ1) is 20.1. The highest BCUT2D eigenvalue weighted by Crippen LogP contribution is 2.34. The van der Waals surface area contributed by atoms with E-state index in [0.717, 1.165) is 33.3 Å². The Hall–Kier alpha value is -3.20. The van der Waals surface area contributed by atoms with E-state index in [1.54, 1.807) is 18.2 Å². The van der Waals surface area contributed by atoms with Crippen LogP contribution in [0.4, 0.5) is 5.00 Å². The van der Waals surface area contributed by atoms with Crippen molar-refractivity contribution in [2.75, 3.05) is 5.32 Å². The van der Waals surface area contributed by atoms with Crippen molar-refractivity contribution in [1.29, 1.82) is 5.26 Å². The van der Waals surface area contributed by atoms with Crippen molar-refractivity contribution in [3.05, 3.63) is 81.2 Å². The van der Waals surface area contributed by atoms with Crippen LogP contribution < -0.4 is 5.32 Å². The molecule has 2 aromatic carbocycles. The molecule has 4 aromatic rings. The van der Waals surface area contributed by atoms with Crippen molar-refractivity contribution >= 4 is 44.7 Å². The van der Waals surface area contributed by atoms with E-state index in [1.807, 2.05) is 50.2 Å². The second kappa shape index (κ2) is 8.27. The molecule has 0 atom stereocenters. The minimum Gasteiger partial charge on any atom is -0.312 e. The van der Waals surface area contributed by atoms with Crippen LogP contribution in [0.15, 0.2) is 54.6 Å². The predicted molar refractivity (Wildman–Crippen MR) is 123 cm³/mol. The molecule has 0 fully saturated rings. The molecule has 2 heterocycles. The molecule has 0 bridgehead atoms. The largest absolute Gasteiger partial charge is 0.312 e. The van der Waals surface area contributed by atoms with E-state index in [-0.39, 0.29) is 5.91 Å². The van der Waals surface area contributed by atoms with E-state index in [0.29, 0.717) is 26.8 Å². The van der Waals surface area contributed by atoms with Crippen LogP contribution >= 0.6 is 22.9 Å². The summed E-state index contributed by atoms with van der Waals surface area (Å²) < 4.78 is 0. The number of nitrogens with zero attached hydrogens (tertiary/aromatic N) is 2. The third kappa shape index (κ3) is 3.68. The number of hydrogen-bond acceptors (Lipinski definition) is 4. The van der Waals surface area contributed by atoms with Gasteiger partial charge in [-0.1, -0.05) is 48.9 Å². The third-order valence-electron chi connectivity index (χ3n) is 5.00. The Morgan fingerprint density at radius 1 is 1.20 bits per heavy atom. The fourth-order valence-electron chi connectivity index (χ4n) is 3.51. The Kier molecular flexibility index (Phi) is 5.54. The standard InChI is InChI=1S/C24H18ClN3OS/c1-3-17-14(2)30-24(20(17)13-26)28-23(29)19-12-22(15-8-10-16(25)11-9-15)27-21-7-5-4-6-18(19)21/h4-12H,3H2,1-2H3,(H,28,29). The number of aryl methyl sites for hydroxylation is 1. The minimum absolute atomic E-state index is 0.260. The number of aromatic nitrogens is 1. The van der Waals surface area contributed by atoms with Crippen LogP contribution in [0.2, 0.25) is 5.02 Å². The van der Waals surface area contributed by atoms with Crippen molar-refractivity contribution in [2.45, 2.75) is 20.3 Å². The summed E-state index contributed by atoms with van der Waals surface area (Å²) in [4.78, 5) is 19.0. The molecule has 0 aliphatic carbocycles. The second-order valence-electron chi connectivity index (χ2n) is 6.84. The van der Waals surface area contributed by atoms with Crippen LogP contribution in [0.5, 0.6) is 0 Å². The number of halogens is 1. The molecule has 0 aliphatic rings. The van der Waals surface area contributed by atoms with Crippen LogP contribution in [-0.4, -0.2) is 10.9 Å². The number of anilines is 1. The summed E-state index contributed by atoms with van der Waals surface area (Å²) in [6, 6.07) is 18.9. The first-order valence-corrected chi connectivity index (χ1v) is 10.7. The Balaban J connectivity index is 1.81. The topological polar surface area (TPSA) is 65.8 Å². The molecule has 2 aromatic heterocycles. The van der Waals surface area contributed by atoms with Gasteiger partial charge in [-0.2, -0.15) is 5.26 Å². The summed E-state index contributed by atoms with van der Waals surface area (Å²) in [6.45, 7) is 3.98. The highest BCUT2D eigenvalue weighted by atomic mass is 35.5. The van der Waals surface area contributed by atoms with Gasteiger partial charge in [0.05, 0.1) is 22.3 Å². The number of pyridine rings is 1. The highest BCUT2D eigenvalue weighted by molar-refractivity contribution is 7.16. The Morgan fingerprint density at radius 3 is 2.63 bits per heavy atom. The van der Waals surface area contributed by atoms with Crippen molar-refractivity contribution in [3.63, 3.8) is 0 Å². The predicted octanol–water partition coefficient (Wildman–Crippen LogP) is 6.61. The average Bonchev–Trinajstić information content (AvgIpc) is 3.07. The average molecular weight is 432 g/mol. The van der Waals surface area contributed by atoms with E-state index in [1.165, 1.54) is 11.3 Å². The summed E-state index contributed by atoms with van der Waals surface area (Å²) in [5.41, 5.74) is 4.33. The number of carbonyl (C=O) groups is 1. The molecule has 0 unspecified atom stereocenters. The second-order valence-corrected chi connectivity index (χ2v) is 8.50. The van der Waals surface area contributed by atoms with Crippen molar-refractivity contribution in [3.8, 4) is 17.3 Å². The summed E-state index contributed by atoms with van der Waals surface area (Å²) in [6.07, 6.45) is 0.750. The van der Waals surface area contributed by atoms with E-state index in [4.69, 9.17) is 16.6 Å². The molecule has 4 rings (SSSR count). The molecule has 0 saturated carbocycles. The van der Waals surface area contributed by atoms with Crippen LogP contribution in [0.3, 0.4) is 0 Å². The number of fused-ring (bicyclic) bond motifs is 1. The van der Waals surface area contributed by atoms with Crippen LogP contribution in [-0.2, 0) is 6.42 Å². The maximum Gasteiger partial charge on any atom is 0.257 e. The number of rotatable bonds is 4. The summed E-state index contributed by atoms with van der Waals surface area (Å²) >= 11 is 7.45. The SMILES string of the molecule is CCc1c(C)sc(NC(=O)c2cc(-c3ccc(Cl)cc3)nc3ccccc23)c1C#N. The maximum absolute atomic E-state index is 13.3. The summed E-state index contributed by atoms with van der Waals surface area (Å²) in [7, 11) is 0. The molecular formula is C24H18ClN3OS. The smallest absolute Gasteiger partial charge is 0.257 e. The molecule has 4 nitrogen and oxygen atoms in total. The number of carbonyl (C=O) groups excluding carboxylic acids is 1. The molecule has 6 heteroatoms. The van der Waals surface area contributed by atoms with Crippen molar-refractivity contribution < 1.29 is 4.79 Å². The Bertz CT molecular complexity index is 1300. The quantitative estimate of drug-likeness (QED) is 0.395. The maximum atomic E-state index is 13.3. The number of amides is 1. The zero-order valence-corrected chi connectivity index (χ0v) is 18.1. The van der Waals surface area contributed by atoms with Crippen LogP contribution in [0.25, 0.3) is 22.2 Å². The zero-order valence-electron chi connectivity index (χ0n) is 16.5. The van der Waals surface area contributed by atoms with E-state index in [2.05, 4.69) is 11.4 Å². The minimum atomic E-state index is -0.260. The van der Waals surface area contributed by atoms with Crippen molar-refractivity contribution in [1.82, 2.24) is 4.98 Å². The number of thiophene rings is 1. The first-order chi connectivity index (χ1) is 14.5. The monoisotopic (exact) mass is 431 g/mol. The lowest BCUT2D eigenvalue weighted by atomic mass is 10.0. The normalized spacial score (nSPS) is 10.7. The van der Waals surface area contributed by atoms with E-state index < -0.39 is 0 Å². The Labute approximate surface area is 183 Å². The van der Waals surface area contributed by atoms with Gasteiger partial charge in [-0.3, -0.25) is 4.79 Å². The van der Waals surface area contributed by atoms with Gasteiger partial charge in [0.2, 0.25) is 0 Å². The van der Waals surface area contributed by atoms with Crippen molar-refractivity contribution in [2.24, 2.45) is 0 Å². The van der Waals surface area contributed by atoms with Gasteiger partial charge in [0, 0.05) is 20.8 Å². The molecule has 0 radical (unpaired) electrons. The van der Waals surface area contributed by atoms with Gasteiger partial charge in [0.1, 0.15) is 11.1 Å². The summed E-state index contributed by atoms with van der Waals surface area (Å²) in [5.74, 6) is -0.260. The fraction of sp³-hybridized carbons (Fsp3) is 0.125. The lowest BCUT2D eigenvalue weighted by molar-refractivity contribution is 0.102. The van der Waals surface area contributed by atoms with Crippen LogP contribution in [0, 0.1) is 18.3 Å². The molecule has 0 spiro atoms. The highest BCUT2D eigenvalue weighted by Gasteiger charge is 2.19. The molecule has 1 N–H and O–H groups in total. The number of para-hydroxylation sites is 1. The third-order valence-corrected chi connectivity index (χ3v) is 6.32. The Morgan fingerprint density at radius 2 is 1.93 bits per heavy atom. The van der Waals surface area contributed by atoms with E-state index >= 15 is 0 Å². The molecule has 0 saturated heterocycles. The van der Waals surface area contributed by atoms with E-state index in [9.17, 15) is 10.1 Å². The molecule has 30 heavy (non-hydrogen) atoms. The van der Waals surface area contributed by atoms with Gasteiger partial charge in [-0.05, 0) is 43.2 Å². The molecule has 148 valence electrons. The summed E-state index contributed by atoms with van der Waals surface area (Å²) in [5, 5.41) is 14.5. The molecule has 0 aliphatic heterocycles. The van der Waals surface area contributed by atoms with Gasteiger partial charge in [-0.25, -0.2) is 4.98 Å². The van der Waals surface area contributed by atoms with Gasteiger partial charge < -0.3 is 5.32 Å². The van der Waals surface area contributed by atoms with Gasteiger partial charge >= 0.3 is 0 Å². The lowest BCUT2D eigenvalue weighted by Gasteiger charge is -2.10. The van der Waals surface area contributed by atoms with Gasteiger partial charge in [0.15, 0.2) is 0 Å². The lowest BCUT2D eigenvalue weighted by Crippen LogP contribution is -2.13. The molecule has 1 amide bonds.